The van der Waals surface area contributed by atoms with Gasteiger partial charge >= 0.3 is 0 Å². The predicted octanol–water partition coefficient (Wildman–Crippen LogP) is 3.78. The van der Waals surface area contributed by atoms with Crippen LogP contribution in [0.5, 0.6) is 11.5 Å². The summed E-state index contributed by atoms with van der Waals surface area (Å²) in [6.45, 7) is 0.281. The second-order valence-corrected chi connectivity index (χ2v) is 5.92. The summed E-state index contributed by atoms with van der Waals surface area (Å²) in [6.07, 6.45) is 1.42. The zero-order valence-corrected chi connectivity index (χ0v) is 14.8. The number of phenols is 1. The molecular formula is C22H18N2O3. The van der Waals surface area contributed by atoms with Gasteiger partial charge in [0.15, 0.2) is 0 Å². The Labute approximate surface area is 157 Å². The lowest BCUT2D eigenvalue weighted by atomic mass is 10.0. The van der Waals surface area contributed by atoms with Crippen LogP contribution in [-0.2, 0) is 11.3 Å². The molecule has 0 aliphatic carbocycles. The van der Waals surface area contributed by atoms with Gasteiger partial charge in [-0.1, -0.05) is 42.5 Å². The van der Waals surface area contributed by atoms with Gasteiger partial charge in [-0.25, -0.2) is 0 Å². The van der Waals surface area contributed by atoms with E-state index in [9.17, 15) is 15.2 Å². The summed E-state index contributed by atoms with van der Waals surface area (Å²) in [4.78, 5) is 12.4. The Bertz CT molecular complexity index is 1050. The lowest BCUT2D eigenvalue weighted by Crippen LogP contribution is -2.23. The molecule has 3 aromatic carbocycles. The standard InChI is InChI=1S/C22H18N2O3/c1-27-18-9-6-15(7-10-18)14-24-22(26)17(13-23)12-20-19-5-3-2-4-16(19)8-11-21(20)25/h2-12,25H,14H2,1H3,(H,24,26). The van der Waals surface area contributed by atoms with Crippen molar-refractivity contribution < 1.29 is 14.6 Å². The van der Waals surface area contributed by atoms with Gasteiger partial charge in [-0.3, -0.25) is 4.79 Å². The number of rotatable bonds is 5. The fourth-order valence-electron chi connectivity index (χ4n) is 2.75. The normalized spacial score (nSPS) is 11.0. The fraction of sp³-hybridized carbons (Fsp3) is 0.0909. The minimum Gasteiger partial charge on any atom is -0.507 e. The van der Waals surface area contributed by atoms with Gasteiger partial charge in [-0.2, -0.15) is 5.26 Å². The van der Waals surface area contributed by atoms with E-state index in [1.165, 1.54) is 6.08 Å². The Morgan fingerprint density at radius 2 is 1.89 bits per heavy atom. The fourth-order valence-corrected chi connectivity index (χ4v) is 2.75. The van der Waals surface area contributed by atoms with Crippen LogP contribution in [0.25, 0.3) is 16.8 Å². The highest BCUT2D eigenvalue weighted by atomic mass is 16.5. The number of methoxy groups -OCH3 is 1. The number of amides is 1. The van der Waals surface area contributed by atoms with Crippen molar-refractivity contribution in [3.05, 3.63) is 77.4 Å². The quantitative estimate of drug-likeness (QED) is 0.537. The van der Waals surface area contributed by atoms with Gasteiger partial charge in [0, 0.05) is 12.1 Å². The molecule has 0 spiro atoms. The molecule has 0 aliphatic rings. The Morgan fingerprint density at radius 1 is 1.15 bits per heavy atom. The Hall–Kier alpha value is -3.78. The van der Waals surface area contributed by atoms with Crippen molar-refractivity contribution in [1.29, 1.82) is 5.26 Å². The predicted molar refractivity (Wildman–Crippen MR) is 104 cm³/mol. The number of ether oxygens (including phenoxy) is 1. The molecule has 0 aromatic heterocycles. The van der Waals surface area contributed by atoms with Gasteiger partial charge in [0.25, 0.3) is 5.91 Å². The third kappa shape index (κ3) is 4.07. The van der Waals surface area contributed by atoms with Crippen LogP contribution >= 0.6 is 0 Å². The summed E-state index contributed by atoms with van der Waals surface area (Å²) in [5.74, 6) is 0.249. The summed E-state index contributed by atoms with van der Waals surface area (Å²) in [5, 5.41) is 24.0. The molecular weight excluding hydrogens is 340 g/mol. The summed E-state index contributed by atoms with van der Waals surface area (Å²) >= 11 is 0. The minimum atomic E-state index is -0.499. The Morgan fingerprint density at radius 3 is 2.59 bits per heavy atom. The molecule has 1 amide bonds. The van der Waals surface area contributed by atoms with Crippen molar-refractivity contribution in [2.24, 2.45) is 0 Å². The molecule has 0 fully saturated rings. The Balaban J connectivity index is 1.83. The van der Waals surface area contributed by atoms with Gasteiger partial charge in [-0.05, 0) is 40.6 Å². The summed E-state index contributed by atoms with van der Waals surface area (Å²) in [6, 6.07) is 20.0. The number of nitrogens with one attached hydrogen (secondary N) is 1. The van der Waals surface area contributed by atoms with Gasteiger partial charge in [0.05, 0.1) is 7.11 Å². The third-order valence-corrected chi connectivity index (χ3v) is 4.21. The van der Waals surface area contributed by atoms with E-state index in [0.717, 1.165) is 22.1 Å². The first-order chi connectivity index (χ1) is 13.1. The molecule has 0 heterocycles. The third-order valence-electron chi connectivity index (χ3n) is 4.21. The number of aromatic hydroxyl groups is 1. The minimum absolute atomic E-state index is 0.0180. The molecule has 0 saturated heterocycles. The second-order valence-electron chi connectivity index (χ2n) is 5.92. The molecule has 0 aliphatic heterocycles. The zero-order valence-electron chi connectivity index (χ0n) is 14.8. The van der Waals surface area contributed by atoms with Gasteiger partial charge < -0.3 is 15.2 Å². The van der Waals surface area contributed by atoms with Crippen molar-refractivity contribution in [2.45, 2.75) is 6.54 Å². The van der Waals surface area contributed by atoms with Gasteiger partial charge in [0.1, 0.15) is 23.1 Å². The van der Waals surface area contributed by atoms with Crippen LogP contribution in [0.3, 0.4) is 0 Å². The summed E-state index contributed by atoms with van der Waals surface area (Å²) < 4.78 is 5.10. The van der Waals surface area contributed by atoms with Gasteiger partial charge in [0.2, 0.25) is 0 Å². The van der Waals surface area contributed by atoms with E-state index >= 15 is 0 Å². The maximum atomic E-state index is 12.4. The molecule has 2 N–H and O–H groups in total. The molecule has 5 heteroatoms. The summed E-state index contributed by atoms with van der Waals surface area (Å²) in [7, 11) is 1.59. The van der Waals surface area contributed by atoms with Gasteiger partial charge in [-0.15, -0.1) is 0 Å². The van der Waals surface area contributed by atoms with Crippen LogP contribution in [0, 0.1) is 11.3 Å². The molecule has 27 heavy (non-hydrogen) atoms. The number of nitrogens with zero attached hydrogens (tertiary/aromatic N) is 1. The topological polar surface area (TPSA) is 82.3 Å². The van der Waals surface area contributed by atoms with Crippen molar-refractivity contribution >= 4 is 22.8 Å². The van der Waals surface area contributed by atoms with Crippen molar-refractivity contribution in [1.82, 2.24) is 5.32 Å². The summed E-state index contributed by atoms with van der Waals surface area (Å²) in [5.41, 5.74) is 1.26. The van der Waals surface area contributed by atoms with E-state index in [0.29, 0.717) is 5.56 Å². The van der Waals surface area contributed by atoms with E-state index in [2.05, 4.69) is 5.32 Å². The highest BCUT2D eigenvalue weighted by Gasteiger charge is 2.12. The molecule has 5 nitrogen and oxygen atoms in total. The van der Waals surface area contributed by atoms with Crippen LogP contribution in [0.1, 0.15) is 11.1 Å². The van der Waals surface area contributed by atoms with Crippen LogP contribution in [0.2, 0.25) is 0 Å². The first-order valence-corrected chi connectivity index (χ1v) is 8.36. The van der Waals surface area contributed by atoms with E-state index in [-0.39, 0.29) is 17.9 Å². The maximum Gasteiger partial charge on any atom is 0.262 e. The van der Waals surface area contributed by atoms with Crippen molar-refractivity contribution in [2.75, 3.05) is 7.11 Å². The molecule has 3 aromatic rings. The molecule has 134 valence electrons. The zero-order chi connectivity index (χ0) is 19.2. The average molecular weight is 358 g/mol. The van der Waals surface area contributed by atoms with Crippen LogP contribution in [0.15, 0.2) is 66.2 Å². The molecule has 0 atom stereocenters. The molecule has 0 bridgehead atoms. The van der Waals surface area contributed by atoms with Crippen LogP contribution in [-0.4, -0.2) is 18.1 Å². The maximum absolute atomic E-state index is 12.4. The number of carbonyl (C=O) groups is 1. The van der Waals surface area contributed by atoms with Crippen molar-refractivity contribution in [3.8, 4) is 17.6 Å². The number of hydrogen-bond acceptors (Lipinski definition) is 4. The SMILES string of the molecule is COc1ccc(CNC(=O)C(C#N)=Cc2c(O)ccc3ccccc23)cc1. The van der Waals surface area contributed by atoms with E-state index in [4.69, 9.17) is 4.74 Å². The highest BCUT2D eigenvalue weighted by Crippen LogP contribution is 2.29. The highest BCUT2D eigenvalue weighted by molar-refractivity contribution is 6.04. The van der Waals surface area contributed by atoms with Crippen LogP contribution < -0.4 is 10.1 Å². The number of phenolic OH excluding ortho intramolecular Hbond substituents is 1. The van der Waals surface area contributed by atoms with E-state index in [1.807, 2.05) is 42.5 Å². The second kappa shape index (κ2) is 8.07. The largest absolute Gasteiger partial charge is 0.507 e. The number of carbonyl (C=O) groups excluding carboxylic acids is 1. The first kappa shape index (κ1) is 18.0. The molecule has 0 radical (unpaired) electrons. The lowest BCUT2D eigenvalue weighted by molar-refractivity contribution is -0.117. The molecule has 0 saturated carbocycles. The van der Waals surface area contributed by atoms with Crippen LogP contribution in [0.4, 0.5) is 0 Å². The number of nitriles is 1. The Kier molecular flexibility index (Phi) is 5.38. The molecule has 3 rings (SSSR count). The number of hydrogen-bond donors (Lipinski definition) is 2. The monoisotopic (exact) mass is 358 g/mol. The lowest BCUT2D eigenvalue weighted by Gasteiger charge is -2.08. The number of fused-ring (bicyclic) bond motifs is 1. The van der Waals surface area contributed by atoms with E-state index in [1.54, 1.807) is 31.4 Å². The number of benzene rings is 3. The van der Waals surface area contributed by atoms with E-state index < -0.39 is 5.91 Å². The first-order valence-electron chi connectivity index (χ1n) is 8.36. The van der Waals surface area contributed by atoms with Crippen molar-refractivity contribution in [3.63, 3.8) is 0 Å². The molecule has 0 unspecified atom stereocenters. The average Bonchev–Trinajstić information content (AvgIpc) is 2.71. The smallest absolute Gasteiger partial charge is 0.262 e.